The Morgan fingerprint density at radius 2 is 1.86 bits per heavy atom. The zero-order chi connectivity index (χ0) is 14.4. The van der Waals surface area contributed by atoms with Crippen LogP contribution in [0, 0.1) is 13.8 Å². The Labute approximate surface area is 133 Å². The number of carbonyl (C=O) groups excluding carboxylic acids is 1. The van der Waals surface area contributed by atoms with Crippen LogP contribution in [0.2, 0.25) is 0 Å². The SMILES string of the molecule is Cc1cc(C)cc(OCCC(=O)NC2CCNCC2)c1.Cl. The number of benzene rings is 1. The monoisotopic (exact) mass is 312 g/mol. The summed E-state index contributed by atoms with van der Waals surface area (Å²) in [6, 6.07) is 6.43. The van der Waals surface area contributed by atoms with Gasteiger partial charge in [-0.3, -0.25) is 4.79 Å². The lowest BCUT2D eigenvalue weighted by Gasteiger charge is -2.23. The fourth-order valence-corrected chi connectivity index (χ4v) is 2.54. The molecule has 0 aromatic heterocycles. The van der Waals surface area contributed by atoms with Crippen molar-refractivity contribution in [3.05, 3.63) is 29.3 Å². The van der Waals surface area contributed by atoms with E-state index in [9.17, 15) is 4.79 Å². The number of nitrogens with one attached hydrogen (secondary N) is 2. The highest BCUT2D eigenvalue weighted by Gasteiger charge is 2.15. The van der Waals surface area contributed by atoms with Crippen molar-refractivity contribution in [2.24, 2.45) is 0 Å². The van der Waals surface area contributed by atoms with Gasteiger partial charge in [0.15, 0.2) is 0 Å². The largest absolute Gasteiger partial charge is 0.493 e. The third-order valence-corrected chi connectivity index (χ3v) is 3.50. The third kappa shape index (κ3) is 6.36. The molecule has 1 fully saturated rings. The maximum Gasteiger partial charge on any atom is 0.223 e. The van der Waals surface area contributed by atoms with Gasteiger partial charge in [-0.2, -0.15) is 0 Å². The van der Waals surface area contributed by atoms with Gasteiger partial charge < -0.3 is 15.4 Å². The van der Waals surface area contributed by atoms with E-state index in [0.717, 1.165) is 31.7 Å². The zero-order valence-corrected chi connectivity index (χ0v) is 13.6. The van der Waals surface area contributed by atoms with Crippen LogP contribution in [0.25, 0.3) is 0 Å². The van der Waals surface area contributed by atoms with Gasteiger partial charge in [0.1, 0.15) is 5.75 Å². The van der Waals surface area contributed by atoms with Gasteiger partial charge in [0, 0.05) is 6.04 Å². The van der Waals surface area contributed by atoms with Crippen molar-refractivity contribution < 1.29 is 9.53 Å². The molecule has 1 saturated heterocycles. The van der Waals surface area contributed by atoms with Crippen molar-refractivity contribution >= 4 is 18.3 Å². The molecular weight excluding hydrogens is 288 g/mol. The van der Waals surface area contributed by atoms with Crippen molar-refractivity contribution in [2.45, 2.75) is 39.2 Å². The highest BCUT2D eigenvalue weighted by Crippen LogP contribution is 2.16. The zero-order valence-electron chi connectivity index (χ0n) is 12.8. The highest BCUT2D eigenvalue weighted by atomic mass is 35.5. The van der Waals surface area contributed by atoms with Crippen LogP contribution >= 0.6 is 12.4 Å². The van der Waals surface area contributed by atoms with Gasteiger partial charge >= 0.3 is 0 Å². The van der Waals surface area contributed by atoms with Gasteiger partial charge in [0.25, 0.3) is 0 Å². The Kier molecular flexibility index (Phi) is 7.54. The van der Waals surface area contributed by atoms with E-state index in [0.29, 0.717) is 19.1 Å². The standard InChI is InChI=1S/C16H24N2O2.ClH/c1-12-9-13(2)11-15(10-12)20-8-5-16(19)18-14-3-6-17-7-4-14;/h9-11,14,17H,3-8H2,1-2H3,(H,18,19);1H. The third-order valence-electron chi connectivity index (χ3n) is 3.50. The Hall–Kier alpha value is -1.26. The lowest BCUT2D eigenvalue weighted by molar-refractivity contribution is -0.122. The molecule has 1 aromatic rings. The first kappa shape index (κ1) is 17.8. The maximum absolute atomic E-state index is 11.8. The summed E-state index contributed by atoms with van der Waals surface area (Å²) in [7, 11) is 0. The summed E-state index contributed by atoms with van der Waals surface area (Å²) in [6.07, 6.45) is 2.45. The number of amides is 1. The average molecular weight is 313 g/mol. The molecule has 2 N–H and O–H groups in total. The predicted octanol–water partition coefficient (Wildman–Crippen LogP) is 2.36. The van der Waals surface area contributed by atoms with Crippen molar-refractivity contribution in [3.63, 3.8) is 0 Å². The Balaban J connectivity index is 0.00000220. The summed E-state index contributed by atoms with van der Waals surface area (Å²) in [5.41, 5.74) is 2.36. The predicted molar refractivity (Wildman–Crippen MR) is 87.3 cm³/mol. The normalized spacial score (nSPS) is 15.1. The number of ether oxygens (including phenoxy) is 1. The van der Waals surface area contributed by atoms with Crippen molar-refractivity contribution in [2.75, 3.05) is 19.7 Å². The maximum atomic E-state index is 11.8. The first-order valence-corrected chi connectivity index (χ1v) is 7.34. The number of halogens is 1. The number of hydrogen-bond donors (Lipinski definition) is 2. The van der Waals surface area contributed by atoms with E-state index in [2.05, 4.69) is 16.7 Å². The minimum Gasteiger partial charge on any atom is -0.493 e. The first-order valence-electron chi connectivity index (χ1n) is 7.34. The summed E-state index contributed by atoms with van der Waals surface area (Å²) in [4.78, 5) is 11.8. The van der Waals surface area contributed by atoms with E-state index in [1.807, 2.05) is 26.0 Å². The lowest BCUT2D eigenvalue weighted by atomic mass is 10.1. The molecule has 0 aliphatic carbocycles. The summed E-state index contributed by atoms with van der Waals surface area (Å²) in [6.45, 7) is 6.50. The summed E-state index contributed by atoms with van der Waals surface area (Å²) in [5.74, 6) is 0.929. The second-order valence-electron chi connectivity index (χ2n) is 5.51. The van der Waals surface area contributed by atoms with E-state index >= 15 is 0 Å². The van der Waals surface area contributed by atoms with E-state index in [-0.39, 0.29) is 18.3 Å². The van der Waals surface area contributed by atoms with Crippen molar-refractivity contribution in [1.82, 2.24) is 10.6 Å². The minimum atomic E-state index is 0. The first-order chi connectivity index (χ1) is 9.63. The van der Waals surface area contributed by atoms with Crippen LogP contribution in [-0.2, 0) is 4.79 Å². The average Bonchev–Trinajstić information content (AvgIpc) is 2.38. The van der Waals surface area contributed by atoms with E-state index in [4.69, 9.17) is 4.74 Å². The second-order valence-corrected chi connectivity index (χ2v) is 5.51. The lowest BCUT2D eigenvalue weighted by Crippen LogP contribution is -2.43. The Morgan fingerprint density at radius 1 is 1.24 bits per heavy atom. The fraction of sp³-hybridized carbons (Fsp3) is 0.562. The van der Waals surface area contributed by atoms with E-state index < -0.39 is 0 Å². The van der Waals surface area contributed by atoms with Gasteiger partial charge in [0.2, 0.25) is 5.91 Å². The molecule has 1 heterocycles. The van der Waals surface area contributed by atoms with Crippen LogP contribution in [0.1, 0.15) is 30.4 Å². The molecule has 0 saturated carbocycles. The molecule has 0 spiro atoms. The van der Waals surface area contributed by atoms with Crippen molar-refractivity contribution in [3.8, 4) is 5.75 Å². The molecular formula is C16H25ClN2O2. The summed E-state index contributed by atoms with van der Waals surface area (Å²) in [5, 5.41) is 6.36. The van der Waals surface area contributed by atoms with Crippen LogP contribution < -0.4 is 15.4 Å². The molecule has 5 heteroatoms. The van der Waals surface area contributed by atoms with Crippen molar-refractivity contribution in [1.29, 1.82) is 0 Å². The molecule has 0 bridgehead atoms. The summed E-state index contributed by atoms with van der Waals surface area (Å²) >= 11 is 0. The fourth-order valence-electron chi connectivity index (χ4n) is 2.54. The molecule has 2 rings (SSSR count). The molecule has 0 unspecified atom stereocenters. The summed E-state index contributed by atoms with van der Waals surface area (Å²) < 4.78 is 5.65. The van der Waals surface area contributed by atoms with Crippen LogP contribution in [0.3, 0.4) is 0 Å². The van der Waals surface area contributed by atoms with Gasteiger partial charge in [-0.1, -0.05) is 6.07 Å². The minimum absolute atomic E-state index is 0. The highest BCUT2D eigenvalue weighted by molar-refractivity contribution is 5.85. The molecule has 4 nitrogen and oxygen atoms in total. The van der Waals surface area contributed by atoms with Crippen LogP contribution in [0.5, 0.6) is 5.75 Å². The number of piperidine rings is 1. The number of rotatable bonds is 5. The number of carbonyl (C=O) groups is 1. The molecule has 1 amide bonds. The Bertz CT molecular complexity index is 439. The number of hydrogen-bond acceptors (Lipinski definition) is 3. The van der Waals surface area contributed by atoms with E-state index in [1.54, 1.807) is 0 Å². The van der Waals surface area contributed by atoms with Gasteiger partial charge in [-0.15, -0.1) is 12.4 Å². The van der Waals surface area contributed by atoms with Crippen LogP contribution in [0.4, 0.5) is 0 Å². The Morgan fingerprint density at radius 3 is 2.48 bits per heavy atom. The van der Waals surface area contributed by atoms with Gasteiger partial charge in [-0.05, 0) is 63.0 Å². The molecule has 0 atom stereocenters. The molecule has 118 valence electrons. The molecule has 1 aliphatic heterocycles. The molecule has 0 radical (unpaired) electrons. The number of aryl methyl sites for hydroxylation is 2. The van der Waals surface area contributed by atoms with Crippen LogP contribution in [-0.4, -0.2) is 31.6 Å². The topological polar surface area (TPSA) is 50.4 Å². The van der Waals surface area contributed by atoms with Gasteiger partial charge in [-0.25, -0.2) is 0 Å². The van der Waals surface area contributed by atoms with Gasteiger partial charge in [0.05, 0.1) is 13.0 Å². The van der Waals surface area contributed by atoms with E-state index in [1.165, 1.54) is 11.1 Å². The molecule has 21 heavy (non-hydrogen) atoms. The smallest absolute Gasteiger partial charge is 0.223 e. The molecule has 1 aliphatic rings. The van der Waals surface area contributed by atoms with Crippen LogP contribution in [0.15, 0.2) is 18.2 Å². The second kappa shape index (κ2) is 8.90. The molecule has 1 aromatic carbocycles. The quantitative estimate of drug-likeness (QED) is 0.877.